The van der Waals surface area contributed by atoms with Crippen molar-refractivity contribution in [2.75, 3.05) is 62.7 Å². The molecule has 6 rings (SSSR count). The van der Waals surface area contributed by atoms with Gasteiger partial charge >= 0.3 is 0 Å². The number of rotatable bonds is 3. The first-order chi connectivity index (χ1) is 15.8. The van der Waals surface area contributed by atoms with Gasteiger partial charge in [-0.2, -0.15) is 0 Å². The van der Waals surface area contributed by atoms with Gasteiger partial charge in [0.2, 0.25) is 0 Å². The van der Waals surface area contributed by atoms with Crippen LogP contribution in [-0.4, -0.2) is 68.4 Å². The smallest absolute Gasteiger partial charge is 0.143 e. The predicted molar refractivity (Wildman–Crippen MR) is 126 cm³/mol. The first-order valence-electron chi connectivity index (χ1n) is 12.1. The molecule has 0 saturated carbocycles. The van der Waals surface area contributed by atoms with Gasteiger partial charge in [0.05, 0.1) is 30.2 Å². The van der Waals surface area contributed by atoms with Crippen LogP contribution in [0.5, 0.6) is 5.75 Å². The SMILES string of the molecule is Cc1cnc2c(c1N1CCOCC1)COc1ccc(C3CCN(C4CNC4)CC3)cc1N2. The summed E-state index contributed by atoms with van der Waals surface area (Å²) >= 11 is 0. The zero-order chi connectivity index (χ0) is 21.5. The topological polar surface area (TPSA) is 61.9 Å². The summed E-state index contributed by atoms with van der Waals surface area (Å²) in [6.45, 7) is 10.7. The third-order valence-corrected chi connectivity index (χ3v) is 7.57. The molecule has 4 aliphatic rings. The van der Waals surface area contributed by atoms with Crippen molar-refractivity contribution in [3.05, 3.63) is 41.1 Å². The van der Waals surface area contributed by atoms with Gasteiger partial charge in [-0.05, 0) is 62.0 Å². The van der Waals surface area contributed by atoms with Gasteiger partial charge in [-0.1, -0.05) is 6.07 Å². The number of anilines is 3. The first kappa shape index (κ1) is 20.3. The lowest BCUT2D eigenvalue weighted by Crippen LogP contribution is -2.58. The summed E-state index contributed by atoms with van der Waals surface area (Å²) in [6.07, 6.45) is 4.44. The number of benzene rings is 1. The number of nitrogens with zero attached hydrogens (tertiary/aromatic N) is 3. The molecule has 0 bridgehead atoms. The molecule has 0 atom stereocenters. The van der Waals surface area contributed by atoms with Crippen LogP contribution in [0.4, 0.5) is 17.2 Å². The van der Waals surface area contributed by atoms with Gasteiger partial charge < -0.3 is 25.0 Å². The zero-order valence-electron chi connectivity index (χ0n) is 18.9. The maximum Gasteiger partial charge on any atom is 0.143 e. The largest absolute Gasteiger partial charge is 0.487 e. The average molecular weight is 436 g/mol. The Balaban J connectivity index is 1.23. The summed E-state index contributed by atoms with van der Waals surface area (Å²) in [5, 5.41) is 7.02. The highest BCUT2D eigenvalue weighted by Crippen LogP contribution is 2.40. The van der Waals surface area contributed by atoms with Gasteiger partial charge in [-0.3, -0.25) is 4.90 Å². The number of fused-ring (bicyclic) bond motifs is 2. The second-order valence-electron chi connectivity index (χ2n) is 9.51. The number of likely N-dealkylation sites (tertiary alicyclic amines) is 1. The van der Waals surface area contributed by atoms with Crippen LogP contribution in [0.15, 0.2) is 24.4 Å². The molecule has 0 unspecified atom stereocenters. The standard InChI is InChI=1S/C25H33N5O2/c1-17-13-27-25-21(24(17)30-8-10-31-11-9-30)16-32-23-3-2-19(12-22(23)28-25)18-4-6-29(7-5-18)20-14-26-15-20/h2-3,12-13,18,20,26H,4-11,14-16H2,1H3,(H,27,28). The number of nitrogens with one attached hydrogen (secondary N) is 2. The van der Waals surface area contributed by atoms with E-state index in [-0.39, 0.29) is 0 Å². The highest BCUT2D eigenvalue weighted by atomic mass is 16.5. The lowest BCUT2D eigenvalue weighted by Gasteiger charge is -2.42. The Labute approximate surface area is 190 Å². The molecule has 1 aromatic carbocycles. The van der Waals surface area contributed by atoms with E-state index in [0.717, 1.165) is 68.3 Å². The van der Waals surface area contributed by atoms with Gasteiger partial charge in [-0.25, -0.2) is 4.98 Å². The highest BCUT2D eigenvalue weighted by Gasteiger charge is 2.30. The maximum absolute atomic E-state index is 6.30. The molecule has 2 N–H and O–H groups in total. The molecule has 1 aromatic heterocycles. The summed E-state index contributed by atoms with van der Waals surface area (Å²) < 4.78 is 11.9. The monoisotopic (exact) mass is 435 g/mol. The third-order valence-electron chi connectivity index (χ3n) is 7.57. The number of hydrogen-bond donors (Lipinski definition) is 2. The lowest BCUT2D eigenvalue weighted by atomic mass is 9.88. The fraction of sp³-hybridized carbons (Fsp3) is 0.560. The Morgan fingerprint density at radius 2 is 1.88 bits per heavy atom. The van der Waals surface area contributed by atoms with E-state index in [1.807, 2.05) is 6.20 Å². The second kappa shape index (κ2) is 8.54. The molecule has 0 radical (unpaired) electrons. The minimum Gasteiger partial charge on any atom is -0.487 e. The van der Waals surface area contributed by atoms with Crippen molar-refractivity contribution >= 4 is 17.2 Å². The molecule has 2 aromatic rings. The maximum atomic E-state index is 6.30. The van der Waals surface area contributed by atoms with Crippen LogP contribution in [0.2, 0.25) is 0 Å². The van der Waals surface area contributed by atoms with Crippen molar-refractivity contribution in [3.63, 3.8) is 0 Å². The Kier molecular flexibility index (Phi) is 5.41. The Bertz CT molecular complexity index is 979. The van der Waals surface area contributed by atoms with Crippen LogP contribution in [-0.2, 0) is 11.3 Å². The fourth-order valence-corrected chi connectivity index (χ4v) is 5.55. The lowest BCUT2D eigenvalue weighted by molar-refractivity contribution is 0.113. The minimum atomic E-state index is 0.532. The van der Waals surface area contributed by atoms with Crippen LogP contribution < -0.4 is 20.3 Å². The molecule has 0 amide bonds. The molecule has 3 fully saturated rings. The number of pyridine rings is 1. The molecular formula is C25H33N5O2. The first-order valence-corrected chi connectivity index (χ1v) is 12.1. The van der Waals surface area contributed by atoms with Crippen LogP contribution in [0, 0.1) is 6.92 Å². The van der Waals surface area contributed by atoms with E-state index < -0.39 is 0 Å². The molecule has 5 heterocycles. The molecule has 7 heteroatoms. The van der Waals surface area contributed by atoms with Gasteiger partial charge in [0.1, 0.15) is 18.2 Å². The van der Waals surface area contributed by atoms with E-state index in [9.17, 15) is 0 Å². The van der Waals surface area contributed by atoms with E-state index in [2.05, 4.69) is 45.6 Å². The van der Waals surface area contributed by atoms with Crippen molar-refractivity contribution in [2.24, 2.45) is 0 Å². The van der Waals surface area contributed by atoms with Crippen molar-refractivity contribution in [2.45, 2.75) is 38.3 Å². The molecule has 0 spiro atoms. The summed E-state index contributed by atoms with van der Waals surface area (Å²) in [4.78, 5) is 9.83. The van der Waals surface area contributed by atoms with E-state index in [0.29, 0.717) is 12.5 Å². The normalized spacial score (nSPS) is 22.2. The van der Waals surface area contributed by atoms with Crippen LogP contribution >= 0.6 is 0 Å². The number of morpholine rings is 1. The Morgan fingerprint density at radius 1 is 1.06 bits per heavy atom. The summed E-state index contributed by atoms with van der Waals surface area (Å²) in [7, 11) is 0. The van der Waals surface area contributed by atoms with Gasteiger partial charge in [0, 0.05) is 38.4 Å². The molecule has 32 heavy (non-hydrogen) atoms. The van der Waals surface area contributed by atoms with Gasteiger partial charge in [0.15, 0.2) is 0 Å². The molecule has 0 aliphatic carbocycles. The van der Waals surface area contributed by atoms with E-state index in [1.54, 1.807) is 0 Å². The molecular weight excluding hydrogens is 402 g/mol. The quantitative estimate of drug-likeness (QED) is 0.769. The van der Waals surface area contributed by atoms with Crippen molar-refractivity contribution in [1.29, 1.82) is 0 Å². The fourth-order valence-electron chi connectivity index (χ4n) is 5.55. The zero-order valence-corrected chi connectivity index (χ0v) is 18.9. The Hall–Kier alpha value is -2.35. The number of hydrogen-bond acceptors (Lipinski definition) is 7. The summed E-state index contributed by atoms with van der Waals surface area (Å²) in [6, 6.07) is 7.46. The van der Waals surface area contributed by atoms with Crippen molar-refractivity contribution in [1.82, 2.24) is 15.2 Å². The van der Waals surface area contributed by atoms with Crippen molar-refractivity contribution < 1.29 is 9.47 Å². The summed E-state index contributed by atoms with van der Waals surface area (Å²) in [5.41, 5.74) is 6.03. The number of piperidine rings is 1. The predicted octanol–water partition coefficient (Wildman–Crippen LogP) is 3.01. The van der Waals surface area contributed by atoms with Crippen LogP contribution in [0.1, 0.15) is 35.4 Å². The number of aromatic nitrogens is 1. The molecule has 3 saturated heterocycles. The minimum absolute atomic E-state index is 0.532. The summed E-state index contributed by atoms with van der Waals surface area (Å²) in [5.74, 6) is 2.44. The third kappa shape index (κ3) is 3.72. The second-order valence-corrected chi connectivity index (χ2v) is 9.51. The Morgan fingerprint density at radius 3 is 2.62 bits per heavy atom. The van der Waals surface area contributed by atoms with Crippen LogP contribution in [0.25, 0.3) is 0 Å². The number of aryl methyl sites for hydroxylation is 1. The van der Waals surface area contributed by atoms with E-state index in [1.165, 1.54) is 42.7 Å². The van der Waals surface area contributed by atoms with Gasteiger partial charge in [0.25, 0.3) is 0 Å². The van der Waals surface area contributed by atoms with Gasteiger partial charge in [-0.15, -0.1) is 0 Å². The highest BCUT2D eigenvalue weighted by molar-refractivity contribution is 5.75. The molecule has 7 nitrogen and oxygen atoms in total. The van der Waals surface area contributed by atoms with E-state index >= 15 is 0 Å². The van der Waals surface area contributed by atoms with Crippen molar-refractivity contribution in [3.8, 4) is 5.75 Å². The average Bonchev–Trinajstić information content (AvgIpc) is 2.98. The molecule has 170 valence electrons. The van der Waals surface area contributed by atoms with E-state index in [4.69, 9.17) is 14.5 Å². The molecule has 4 aliphatic heterocycles. The van der Waals surface area contributed by atoms with Crippen LogP contribution in [0.3, 0.4) is 0 Å². The number of ether oxygens (including phenoxy) is 2.